The molecule has 1 aromatic carbocycles. The number of nitrogens with zero attached hydrogens (tertiary/aromatic N) is 3. The molecule has 2 aromatic rings. The second-order valence-electron chi connectivity index (χ2n) is 5.27. The molecule has 0 spiro atoms. The zero-order valence-corrected chi connectivity index (χ0v) is 13.4. The SMILES string of the molecule is CCc1ccc(C(=O)N(CCO)Cc2cccnc2)cc1[N+](=O)[O-]. The minimum atomic E-state index is -0.479. The Bertz CT molecular complexity index is 719. The minimum absolute atomic E-state index is 0.0614. The van der Waals surface area contributed by atoms with Gasteiger partial charge in [0.2, 0.25) is 0 Å². The molecule has 0 fully saturated rings. The molecule has 126 valence electrons. The topological polar surface area (TPSA) is 96.6 Å². The summed E-state index contributed by atoms with van der Waals surface area (Å²) in [5.74, 6) is -0.362. The van der Waals surface area contributed by atoms with E-state index in [1.165, 1.54) is 11.0 Å². The van der Waals surface area contributed by atoms with Crippen LogP contribution in [-0.4, -0.2) is 39.0 Å². The fraction of sp³-hybridized carbons (Fsp3) is 0.294. The van der Waals surface area contributed by atoms with Gasteiger partial charge >= 0.3 is 0 Å². The predicted octanol–water partition coefficient (Wildman–Crippen LogP) is 2.19. The minimum Gasteiger partial charge on any atom is -0.395 e. The highest BCUT2D eigenvalue weighted by Crippen LogP contribution is 2.22. The van der Waals surface area contributed by atoms with Gasteiger partial charge in [0.25, 0.3) is 11.6 Å². The molecule has 24 heavy (non-hydrogen) atoms. The number of carbonyl (C=O) groups is 1. The quantitative estimate of drug-likeness (QED) is 0.620. The number of carbonyl (C=O) groups excluding carboxylic acids is 1. The van der Waals surface area contributed by atoms with Gasteiger partial charge in [-0.3, -0.25) is 19.9 Å². The number of aliphatic hydroxyl groups excluding tert-OH is 1. The van der Waals surface area contributed by atoms with E-state index < -0.39 is 4.92 Å². The number of hydrogen-bond acceptors (Lipinski definition) is 5. The van der Waals surface area contributed by atoms with Crippen molar-refractivity contribution >= 4 is 11.6 Å². The van der Waals surface area contributed by atoms with Crippen molar-refractivity contribution in [2.75, 3.05) is 13.2 Å². The molecule has 7 nitrogen and oxygen atoms in total. The first kappa shape index (κ1) is 17.6. The van der Waals surface area contributed by atoms with Crippen molar-refractivity contribution in [3.63, 3.8) is 0 Å². The van der Waals surface area contributed by atoms with E-state index in [0.29, 0.717) is 12.0 Å². The van der Waals surface area contributed by atoms with E-state index in [0.717, 1.165) is 5.56 Å². The first-order valence-electron chi connectivity index (χ1n) is 7.63. The average Bonchev–Trinajstić information content (AvgIpc) is 2.61. The second kappa shape index (κ2) is 8.16. The Kier molecular flexibility index (Phi) is 5.97. The van der Waals surface area contributed by atoms with Crippen LogP contribution in [0, 0.1) is 10.1 Å². The van der Waals surface area contributed by atoms with E-state index in [9.17, 15) is 20.0 Å². The summed E-state index contributed by atoms with van der Waals surface area (Å²) in [7, 11) is 0. The third-order valence-electron chi connectivity index (χ3n) is 3.66. The van der Waals surface area contributed by atoms with Gasteiger partial charge in [-0.05, 0) is 24.1 Å². The normalized spacial score (nSPS) is 10.4. The van der Waals surface area contributed by atoms with Gasteiger partial charge in [0, 0.05) is 42.7 Å². The third-order valence-corrected chi connectivity index (χ3v) is 3.66. The molecule has 0 saturated heterocycles. The maximum absolute atomic E-state index is 12.7. The first-order chi connectivity index (χ1) is 11.6. The zero-order valence-electron chi connectivity index (χ0n) is 13.4. The van der Waals surface area contributed by atoms with Crippen LogP contribution in [0.25, 0.3) is 0 Å². The predicted molar refractivity (Wildman–Crippen MR) is 88.5 cm³/mol. The number of nitro benzene ring substituents is 1. The van der Waals surface area contributed by atoms with Crippen LogP contribution < -0.4 is 0 Å². The standard InChI is InChI=1S/C17H19N3O4/c1-2-14-5-6-15(10-16(14)20(23)24)17(22)19(8-9-21)12-13-4-3-7-18-11-13/h3-7,10-11,21H,2,8-9,12H2,1H3. The molecule has 1 N–H and O–H groups in total. The van der Waals surface area contributed by atoms with Crippen LogP contribution in [-0.2, 0) is 13.0 Å². The summed E-state index contributed by atoms with van der Waals surface area (Å²) in [6.07, 6.45) is 3.79. The number of aliphatic hydroxyl groups is 1. The molecule has 7 heteroatoms. The van der Waals surface area contributed by atoms with E-state index in [1.807, 2.05) is 13.0 Å². The Morgan fingerprint density at radius 3 is 2.75 bits per heavy atom. The van der Waals surface area contributed by atoms with E-state index in [1.54, 1.807) is 30.6 Å². The molecule has 0 aliphatic heterocycles. The van der Waals surface area contributed by atoms with Crippen LogP contribution >= 0.6 is 0 Å². The lowest BCUT2D eigenvalue weighted by molar-refractivity contribution is -0.385. The fourth-order valence-corrected chi connectivity index (χ4v) is 2.43. The maximum atomic E-state index is 12.7. The van der Waals surface area contributed by atoms with Gasteiger partial charge in [0.1, 0.15) is 0 Å². The average molecular weight is 329 g/mol. The number of nitro groups is 1. The van der Waals surface area contributed by atoms with Crippen molar-refractivity contribution < 1.29 is 14.8 Å². The molecule has 1 amide bonds. The highest BCUT2D eigenvalue weighted by atomic mass is 16.6. The molecule has 0 bridgehead atoms. The Hall–Kier alpha value is -2.80. The van der Waals surface area contributed by atoms with Crippen LogP contribution in [0.4, 0.5) is 5.69 Å². The first-order valence-corrected chi connectivity index (χ1v) is 7.63. The summed E-state index contributed by atoms with van der Waals surface area (Å²) in [6, 6.07) is 8.08. The van der Waals surface area contributed by atoms with E-state index in [-0.39, 0.29) is 36.9 Å². The summed E-state index contributed by atoms with van der Waals surface area (Å²) < 4.78 is 0. The van der Waals surface area contributed by atoms with Crippen LogP contribution in [0.3, 0.4) is 0 Å². The van der Waals surface area contributed by atoms with E-state index >= 15 is 0 Å². The molecule has 0 aliphatic carbocycles. The molecular weight excluding hydrogens is 310 g/mol. The smallest absolute Gasteiger partial charge is 0.273 e. The van der Waals surface area contributed by atoms with Crippen LogP contribution in [0.2, 0.25) is 0 Å². The van der Waals surface area contributed by atoms with Crippen LogP contribution in [0.1, 0.15) is 28.4 Å². The molecule has 1 heterocycles. The van der Waals surface area contributed by atoms with Gasteiger partial charge in [0.15, 0.2) is 0 Å². The van der Waals surface area contributed by atoms with Crippen LogP contribution in [0.15, 0.2) is 42.7 Å². The largest absolute Gasteiger partial charge is 0.395 e. The molecule has 0 aliphatic rings. The fourth-order valence-electron chi connectivity index (χ4n) is 2.43. The van der Waals surface area contributed by atoms with Crippen molar-refractivity contribution in [3.05, 3.63) is 69.5 Å². The summed E-state index contributed by atoms with van der Waals surface area (Å²) in [6.45, 7) is 2.04. The van der Waals surface area contributed by atoms with Crippen molar-refractivity contribution in [1.29, 1.82) is 0 Å². The highest BCUT2D eigenvalue weighted by molar-refractivity contribution is 5.95. The van der Waals surface area contributed by atoms with Crippen molar-refractivity contribution in [2.45, 2.75) is 19.9 Å². The highest BCUT2D eigenvalue weighted by Gasteiger charge is 2.20. The lowest BCUT2D eigenvalue weighted by Crippen LogP contribution is -2.33. The van der Waals surface area contributed by atoms with Gasteiger partial charge in [-0.25, -0.2) is 0 Å². The number of benzene rings is 1. The lowest BCUT2D eigenvalue weighted by atomic mass is 10.1. The molecule has 0 radical (unpaired) electrons. The Morgan fingerprint density at radius 2 is 2.17 bits per heavy atom. The maximum Gasteiger partial charge on any atom is 0.273 e. The van der Waals surface area contributed by atoms with Crippen LogP contribution in [0.5, 0.6) is 0 Å². The van der Waals surface area contributed by atoms with Crippen molar-refractivity contribution in [1.82, 2.24) is 9.88 Å². The molecule has 0 unspecified atom stereocenters. The Balaban J connectivity index is 2.29. The molecule has 0 atom stereocenters. The number of rotatable bonds is 7. The van der Waals surface area contributed by atoms with E-state index in [4.69, 9.17) is 0 Å². The molecule has 0 saturated carbocycles. The third kappa shape index (κ3) is 4.14. The van der Waals surface area contributed by atoms with Crippen molar-refractivity contribution in [3.8, 4) is 0 Å². The van der Waals surface area contributed by atoms with Crippen molar-refractivity contribution in [2.24, 2.45) is 0 Å². The number of aryl methyl sites for hydroxylation is 1. The zero-order chi connectivity index (χ0) is 17.5. The van der Waals surface area contributed by atoms with Gasteiger partial charge in [-0.1, -0.05) is 19.1 Å². The second-order valence-corrected chi connectivity index (χ2v) is 5.27. The molecule has 2 rings (SSSR count). The number of hydrogen-bond donors (Lipinski definition) is 1. The van der Waals surface area contributed by atoms with Gasteiger partial charge < -0.3 is 10.0 Å². The molecule has 1 aromatic heterocycles. The number of aromatic nitrogens is 1. The van der Waals surface area contributed by atoms with Gasteiger partial charge in [-0.2, -0.15) is 0 Å². The summed E-state index contributed by atoms with van der Waals surface area (Å²) in [5, 5.41) is 20.4. The summed E-state index contributed by atoms with van der Waals surface area (Å²) in [4.78, 5) is 28.8. The Labute approximate surface area is 139 Å². The summed E-state index contributed by atoms with van der Waals surface area (Å²) >= 11 is 0. The summed E-state index contributed by atoms with van der Waals surface area (Å²) in [5.41, 5.74) is 1.57. The van der Waals surface area contributed by atoms with E-state index in [2.05, 4.69) is 4.98 Å². The monoisotopic (exact) mass is 329 g/mol. The number of amides is 1. The lowest BCUT2D eigenvalue weighted by Gasteiger charge is -2.22. The van der Waals surface area contributed by atoms with Gasteiger partial charge in [-0.15, -0.1) is 0 Å². The van der Waals surface area contributed by atoms with Gasteiger partial charge in [0.05, 0.1) is 11.5 Å². The number of pyridine rings is 1. The molecular formula is C17H19N3O4. The Morgan fingerprint density at radius 1 is 1.38 bits per heavy atom.